The molecule has 8 heteroatoms. The van der Waals surface area contributed by atoms with Gasteiger partial charge in [-0.2, -0.15) is 0 Å². The zero-order valence-corrected chi connectivity index (χ0v) is 76.8. The van der Waals surface area contributed by atoms with E-state index in [4.69, 9.17) is 4.42 Å². The van der Waals surface area contributed by atoms with Crippen LogP contribution in [0.5, 0.6) is 0 Å². The minimum absolute atomic E-state index is 0.906. The number of nitrogens with zero attached hydrogens (tertiary/aromatic N) is 6. The topological polar surface area (TPSA) is 42.7 Å². The smallest absolute Gasteiger partial charge is 0.135 e. The molecule has 7 nitrogen and oxygen atoms in total. The Kier molecular flexibility index (Phi) is 18.8. The number of rotatable bonds is 11. The predicted octanol–water partition coefficient (Wildman–Crippen LogP) is 36.2. The van der Waals surface area contributed by atoms with Gasteiger partial charge in [0.25, 0.3) is 0 Å². The van der Waals surface area contributed by atoms with E-state index in [1.165, 1.54) is 224 Å². The molecule has 0 bridgehead atoms. The van der Waals surface area contributed by atoms with Gasteiger partial charge in [-0.3, -0.25) is 0 Å². The second kappa shape index (κ2) is 32.8. The second-order valence-electron chi connectivity index (χ2n) is 36.6. The Balaban J connectivity index is 0.000000104. The van der Waals surface area contributed by atoms with Crippen LogP contribution in [-0.2, 0) is 0 Å². The van der Waals surface area contributed by atoms with Crippen LogP contribution < -0.4 is 0 Å². The Morgan fingerprint density at radius 2 is 0.343 bits per heavy atom. The maximum atomic E-state index is 6.16. The Morgan fingerprint density at radius 1 is 0.121 bits per heavy atom. The van der Waals surface area contributed by atoms with Crippen LogP contribution in [0.1, 0.15) is 0 Å². The van der Waals surface area contributed by atoms with Gasteiger partial charge in [0.1, 0.15) is 11.2 Å². The van der Waals surface area contributed by atoms with Gasteiger partial charge in [0.15, 0.2) is 0 Å². The Bertz CT molecular complexity index is 9610. The number of fused-ring (bicyclic) bond motifs is 24. The van der Waals surface area contributed by atoms with E-state index in [2.05, 4.69) is 525 Å². The molecule has 22 aromatic carbocycles. The molecule has 30 aromatic rings. The molecule has 0 fully saturated rings. The zero-order valence-electron chi connectivity index (χ0n) is 76.0. The van der Waals surface area contributed by atoms with Crippen LogP contribution in [0.3, 0.4) is 0 Å². The van der Waals surface area contributed by atoms with Crippen molar-refractivity contribution >= 4 is 184 Å². The van der Waals surface area contributed by atoms with E-state index in [0.29, 0.717) is 0 Å². The van der Waals surface area contributed by atoms with Crippen LogP contribution in [0.2, 0.25) is 0 Å². The molecule has 654 valence electrons. The second-order valence-corrected chi connectivity index (χ2v) is 37.6. The largest absolute Gasteiger partial charge is 0.456 e. The first-order chi connectivity index (χ1) is 69.4. The van der Waals surface area contributed by atoms with E-state index in [1.807, 2.05) is 23.5 Å². The van der Waals surface area contributed by atoms with Gasteiger partial charge >= 0.3 is 0 Å². The number of hydrogen-bond donors (Lipinski definition) is 0. The maximum absolute atomic E-state index is 6.16. The summed E-state index contributed by atoms with van der Waals surface area (Å²) in [6, 6.07) is 185. The molecule has 0 radical (unpaired) electrons. The normalized spacial score (nSPS) is 11.9. The monoisotopic (exact) mass is 1800 g/mol. The lowest BCUT2D eigenvalue weighted by Gasteiger charge is -2.10. The fourth-order valence-electron chi connectivity index (χ4n) is 22.3. The van der Waals surface area contributed by atoms with Gasteiger partial charge in [-0.15, -0.1) is 11.3 Å². The first kappa shape index (κ1) is 80.1. The van der Waals surface area contributed by atoms with E-state index >= 15 is 0 Å². The average Bonchev–Trinajstić information content (AvgIpc) is 1.58. The maximum Gasteiger partial charge on any atom is 0.135 e. The summed E-state index contributed by atoms with van der Waals surface area (Å²) in [6.45, 7) is 0. The van der Waals surface area contributed by atoms with E-state index in [0.717, 1.165) is 39.0 Å². The standard InChI is InChI=1S/C48H30N2O.C48H30N2S.C36H24N2/c2*1-2-10-31(11-3-1)32-18-22-35(23-19-32)49-43-15-7-4-12-37(43)40-28-33(20-25-45(40)49)34-21-26-46-41(29-34)38-13-5-8-16-44(38)50(46)36-24-27-48-42(30-36)39-14-6-9-17-47(39)51-48;1-3-11-27(12-4-1)37-33-17-9-7-15-29(33)31-23-25(19-21-35(31)37)26-20-22-36-32(24-26)30-16-8-10-18-34(30)38(36)28-13-5-2-6-14-28/h2*1-30H;1-24H. The van der Waals surface area contributed by atoms with Crippen molar-refractivity contribution in [2.24, 2.45) is 0 Å². The molecule has 0 atom stereocenters. The lowest BCUT2D eigenvalue weighted by Crippen LogP contribution is -1.94. The summed E-state index contributed by atoms with van der Waals surface area (Å²) in [5.41, 5.74) is 35.6. The highest BCUT2D eigenvalue weighted by Gasteiger charge is 2.24. The highest BCUT2D eigenvalue weighted by molar-refractivity contribution is 7.25. The molecule has 0 amide bonds. The molecule has 0 N–H and O–H groups in total. The Labute approximate surface area is 809 Å². The number of aromatic nitrogens is 6. The van der Waals surface area contributed by atoms with Crippen LogP contribution in [0, 0.1) is 0 Å². The third kappa shape index (κ3) is 13.2. The van der Waals surface area contributed by atoms with Crippen LogP contribution in [0.4, 0.5) is 0 Å². The van der Waals surface area contributed by atoms with E-state index < -0.39 is 0 Å². The van der Waals surface area contributed by atoms with E-state index in [-0.39, 0.29) is 0 Å². The summed E-state index contributed by atoms with van der Waals surface area (Å²) >= 11 is 1.86. The van der Waals surface area contributed by atoms with Crippen molar-refractivity contribution in [2.75, 3.05) is 0 Å². The Morgan fingerprint density at radius 3 is 0.686 bits per heavy atom. The van der Waals surface area contributed by atoms with Crippen LogP contribution in [-0.4, -0.2) is 27.4 Å². The van der Waals surface area contributed by atoms with E-state index in [9.17, 15) is 0 Å². The zero-order chi connectivity index (χ0) is 92.0. The molecule has 8 aromatic heterocycles. The van der Waals surface area contributed by atoms with Gasteiger partial charge in [0.2, 0.25) is 0 Å². The summed E-state index contributed by atoms with van der Waals surface area (Å²) in [5.74, 6) is 0. The van der Waals surface area contributed by atoms with Crippen LogP contribution >= 0.6 is 11.3 Å². The lowest BCUT2D eigenvalue weighted by atomic mass is 10.0. The molecular formula is C132H84N6OS. The minimum atomic E-state index is 0.906. The fourth-order valence-corrected chi connectivity index (χ4v) is 23.4. The van der Waals surface area contributed by atoms with Crippen molar-refractivity contribution in [3.63, 3.8) is 0 Å². The quantitative estimate of drug-likeness (QED) is 0.127. The Hall–Kier alpha value is -18.3. The van der Waals surface area contributed by atoms with Crippen molar-refractivity contribution in [3.05, 3.63) is 510 Å². The number of thiophene rings is 1. The van der Waals surface area contributed by atoms with Gasteiger partial charge in [0.05, 0.1) is 66.2 Å². The molecule has 0 aliphatic heterocycles. The van der Waals surface area contributed by atoms with E-state index in [1.54, 1.807) is 0 Å². The first-order valence-corrected chi connectivity index (χ1v) is 48.7. The molecule has 0 spiro atoms. The molecular weight excluding hydrogens is 1720 g/mol. The van der Waals surface area contributed by atoms with Gasteiger partial charge in [0, 0.05) is 130 Å². The summed E-state index contributed by atoms with van der Waals surface area (Å²) in [7, 11) is 0. The number of benzene rings is 22. The summed E-state index contributed by atoms with van der Waals surface area (Å²) in [4.78, 5) is 0. The number of para-hydroxylation sites is 9. The number of furan rings is 1. The van der Waals surface area contributed by atoms with Crippen LogP contribution in [0.15, 0.2) is 514 Å². The number of hydrogen-bond acceptors (Lipinski definition) is 2. The molecule has 0 saturated carbocycles. The van der Waals surface area contributed by atoms with Crippen molar-refractivity contribution in [1.29, 1.82) is 0 Å². The highest BCUT2D eigenvalue weighted by Crippen LogP contribution is 2.47. The fraction of sp³-hybridized carbons (Fsp3) is 0. The molecule has 30 rings (SSSR count). The van der Waals surface area contributed by atoms with Gasteiger partial charge in [-0.25, -0.2) is 0 Å². The summed E-state index contributed by atoms with van der Waals surface area (Å²) in [5, 5.41) is 20.0. The lowest BCUT2D eigenvalue weighted by molar-refractivity contribution is 0.669. The van der Waals surface area contributed by atoms with Gasteiger partial charge in [-0.05, 0) is 262 Å². The van der Waals surface area contributed by atoms with Gasteiger partial charge < -0.3 is 31.8 Å². The SMILES string of the molecule is c1ccc(-c2ccc(-n3c4ccccc4c4cc(-c5ccc6c(c5)c5ccccc5n6-c5ccc6oc7ccccc7c6c5)ccc43)cc2)cc1.c1ccc(-c2ccc(-n3c4ccccc4c4cc(-c5ccc6c(c5)c5ccccc5n6-c5ccc6sc7ccccc7c6c5)ccc43)cc2)cc1.c1ccc(-n2c3ccccc3c3cc(-c4ccc5c(c4)c4ccccc4n5-c4ccccc4)ccc32)cc1. The van der Waals surface area contributed by atoms with Gasteiger partial charge in [-0.1, -0.05) is 303 Å². The van der Waals surface area contributed by atoms with Crippen molar-refractivity contribution < 1.29 is 4.42 Å². The molecule has 8 heterocycles. The molecule has 0 aliphatic carbocycles. The summed E-state index contributed by atoms with van der Waals surface area (Å²) in [6.07, 6.45) is 0. The first-order valence-electron chi connectivity index (χ1n) is 47.9. The van der Waals surface area contributed by atoms with Crippen molar-refractivity contribution in [1.82, 2.24) is 27.4 Å². The minimum Gasteiger partial charge on any atom is -0.456 e. The molecule has 0 aliphatic rings. The third-order valence-corrected chi connectivity index (χ3v) is 29.9. The van der Waals surface area contributed by atoms with Crippen molar-refractivity contribution in [2.45, 2.75) is 0 Å². The predicted molar refractivity (Wildman–Crippen MR) is 593 cm³/mol. The average molecular weight is 1800 g/mol. The highest BCUT2D eigenvalue weighted by atomic mass is 32.1. The molecule has 0 saturated heterocycles. The third-order valence-electron chi connectivity index (χ3n) is 28.8. The van der Waals surface area contributed by atoms with Crippen molar-refractivity contribution in [3.8, 4) is 89.8 Å². The molecule has 0 unspecified atom stereocenters. The van der Waals surface area contributed by atoms with Crippen LogP contribution in [0.25, 0.3) is 263 Å². The molecule has 140 heavy (non-hydrogen) atoms. The summed E-state index contributed by atoms with van der Waals surface area (Å²) < 4.78 is 23.1.